The van der Waals surface area contributed by atoms with Crippen molar-refractivity contribution in [2.24, 2.45) is 0 Å². The molecule has 4 aromatic rings. The minimum Gasteiger partial charge on any atom is -0.507 e. The van der Waals surface area contributed by atoms with Crippen LogP contribution in [0.1, 0.15) is 22.9 Å². The maximum Gasteiger partial charge on any atom is 0.296 e. The Bertz CT molecular complexity index is 1320. The van der Waals surface area contributed by atoms with Gasteiger partial charge < -0.3 is 19.4 Å². The molecule has 1 fully saturated rings. The third-order valence-electron chi connectivity index (χ3n) is 5.48. The van der Waals surface area contributed by atoms with E-state index >= 15 is 0 Å². The number of ketones is 1. The fraction of sp³-hybridized carbons (Fsp3) is 0.0833. The Morgan fingerprint density at radius 3 is 2.58 bits per heavy atom. The SMILES string of the molecule is O=C1C(=O)N(Cc2ccco2)C(c2c[nH]c3ccccc23)/C1=C(\O)c1ccc(Cl)cc1. The molecule has 2 aromatic carbocycles. The van der Waals surface area contributed by atoms with Crippen LogP contribution >= 0.6 is 11.6 Å². The van der Waals surface area contributed by atoms with Gasteiger partial charge in [-0.1, -0.05) is 29.8 Å². The summed E-state index contributed by atoms with van der Waals surface area (Å²) in [6.45, 7) is 0.0964. The number of hydrogen-bond donors (Lipinski definition) is 2. The average Bonchev–Trinajstić information content (AvgIpc) is 3.49. The van der Waals surface area contributed by atoms with E-state index in [2.05, 4.69) is 4.98 Å². The second-order valence-corrected chi connectivity index (χ2v) is 7.74. The van der Waals surface area contributed by atoms with Crippen LogP contribution < -0.4 is 0 Å². The highest BCUT2D eigenvalue weighted by Crippen LogP contribution is 2.42. The Labute approximate surface area is 182 Å². The van der Waals surface area contributed by atoms with Crippen LogP contribution in [0.5, 0.6) is 0 Å². The molecular weight excluding hydrogens is 416 g/mol. The molecule has 6 nitrogen and oxygen atoms in total. The molecule has 0 saturated carbocycles. The monoisotopic (exact) mass is 432 g/mol. The Balaban J connectivity index is 1.71. The Hall–Kier alpha value is -3.77. The van der Waals surface area contributed by atoms with E-state index in [0.717, 1.165) is 16.5 Å². The number of likely N-dealkylation sites (tertiary alicyclic amines) is 1. The molecule has 7 heteroatoms. The van der Waals surface area contributed by atoms with E-state index in [4.69, 9.17) is 16.0 Å². The van der Waals surface area contributed by atoms with Crippen LogP contribution in [0.3, 0.4) is 0 Å². The van der Waals surface area contributed by atoms with E-state index in [-0.39, 0.29) is 17.9 Å². The van der Waals surface area contributed by atoms with Gasteiger partial charge in [-0.2, -0.15) is 0 Å². The van der Waals surface area contributed by atoms with Crippen LogP contribution in [0.4, 0.5) is 0 Å². The summed E-state index contributed by atoms with van der Waals surface area (Å²) in [5.74, 6) is -1.14. The van der Waals surface area contributed by atoms with Crippen molar-refractivity contribution in [1.82, 2.24) is 9.88 Å². The summed E-state index contributed by atoms with van der Waals surface area (Å²) in [4.78, 5) is 30.7. The summed E-state index contributed by atoms with van der Waals surface area (Å²) in [5, 5.41) is 12.5. The lowest BCUT2D eigenvalue weighted by molar-refractivity contribution is -0.140. The normalized spacial score (nSPS) is 18.2. The van der Waals surface area contributed by atoms with Crippen molar-refractivity contribution in [3.05, 3.63) is 101 Å². The largest absolute Gasteiger partial charge is 0.507 e. The number of nitrogens with zero attached hydrogens (tertiary/aromatic N) is 1. The van der Waals surface area contributed by atoms with Crippen molar-refractivity contribution in [1.29, 1.82) is 0 Å². The number of para-hydroxylation sites is 1. The van der Waals surface area contributed by atoms with Crippen LogP contribution in [0.2, 0.25) is 5.02 Å². The van der Waals surface area contributed by atoms with E-state index in [1.807, 2.05) is 24.3 Å². The van der Waals surface area contributed by atoms with E-state index in [9.17, 15) is 14.7 Å². The number of H-pyrrole nitrogens is 1. The average molecular weight is 433 g/mol. The van der Waals surface area contributed by atoms with Gasteiger partial charge >= 0.3 is 0 Å². The van der Waals surface area contributed by atoms with Gasteiger partial charge in [-0.3, -0.25) is 9.59 Å². The van der Waals surface area contributed by atoms with Crippen LogP contribution in [-0.2, 0) is 16.1 Å². The molecule has 0 aliphatic carbocycles. The first-order valence-electron chi connectivity index (χ1n) is 9.67. The Morgan fingerprint density at radius 1 is 1.06 bits per heavy atom. The van der Waals surface area contributed by atoms with Crippen molar-refractivity contribution in [2.75, 3.05) is 0 Å². The van der Waals surface area contributed by atoms with Gasteiger partial charge in [0.25, 0.3) is 11.7 Å². The zero-order chi connectivity index (χ0) is 21.5. The molecule has 1 aliphatic heterocycles. The van der Waals surface area contributed by atoms with Gasteiger partial charge in [0.1, 0.15) is 11.5 Å². The molecule has 0 radical (unpaired) electrons. The molecule has 0 bridgehead atoms. The standard InChI is InChI=1S/C24H17ClN2O4/c25-15-9-7-14(8-10-15)22(28)20-21(18-12-26-19-6-2-1-5-17(18)19)27(24(30)23(20)29)13-16-4-3-11-31-16/h1-12,21,26,28H,13H2/b22-20+. The fourth-order valence-corrected chi connectivity index (χ4v) is 4.15. The lowest BCUT2D eigenvalue weighted by Gasteiger charge is -2.24. The number of aliphatic hydroxyl groups excluding tert-OH is 1. The number of fused-ring (bicyclic) bond motifs is 1. The highest BCUT2D eigenvalue weighted by atomic mass is 35.5. The van der Waals surface area contributed by atoms with Crippen LogP contribution in [0, 0.1) is 0 Å². The van der Waals surface area contributed by atoms with Gasteiger partial charge in [-0.05, 0) is 42.5 Å². The van der Waals surface area contributed by atoms with Crippen LogP contribution in [-0.4, -0.2) is 26.7 Å². The van der Waals surface area contributed by atoms with Crippen molar-refractivity contribution < 1.29 is 19.1 Å². The smallest absolute Gasteiger partial charge is 0.296 e. The number of carbonyl (C=O) groups is 2. The molecule has 1 amide bonds. The van der Waals surface area contributed by atoms with E-state index in [1.165, 1.54) is 11.2 Å². The first-order chi connectivity index (χ1) is 15.0. The summed E-state index contributed by atoms with van der Waals surface area (Å²) in [5.41, 5.74) is 2.03. The maximum atomic E-state index is 13.1. The number of Topliss-reactive ketones (excluding diaryl/α,β-unsaturated/α-hetero) is 1. The van der Waals surface area contributed by atoms with E-state index in [1.54, 1.807) is 42.6 Å². The summed E-state index contributed by atoms with van der Waals surface area (Å²) in [6, 6.07) is 16.8. The highest BCUT2D eigenvalue weighted by Gasteiger charge is 2.47. The van der Waals surface area contributed by atoms with Gasteiger partial charge in [0.05, 0.1) is 24.4 Å². The van der Waals surface area contributed by atoms with Crippen molar-refractivity contribution >= 4 is 40.0 Å². The lowest BCUT2D eigenvalue weighted by atomic mass is 9.95. The molecule has 5 rings (SSSR count). The third kappa shape index (κ3) is 3.21. The zero-order valence-corrected chi connectivity index (χ0v) is 17.0. The van der Waals surface area contributed by atoms with Gasteiger partial charge in [-0.25, -0.2) is 0 Å². The molecule has 0 spiro atoms. The first-order valence-corrected chi connectivity index (χ1v) is 10.0. The Kier molecular flexibility index (Phi) is 4.64. The second-order valence-electron chi connectivity index (χ2n) is 7.30. The number of aromatic amines is 1. The van der Waals surface area contributed by atoms with Crippen molar-refractivity contribution in [3.8, 4) is 0 Å². The number of halogens is 1. The fourth-order valence-electron chi connectivity index (χ4n) is 4.02. The van der Waals surface area contributed by atoms with Gasteiger partial charge in [0, 0.05) is 33.2 Å². The molecule has 154 valence electrons. The predicted molar refractivity (Wildman–Crippen MR) is 116 cm³/mol. The molecule has 31 heavy (non-hydrogen) atoms. The summed E-state index contributed by atoms with van der Waals surface area (Å²) in [7, 11) is 0. The Morgan fingerprint density at radius 2 is 1.84 bits per heavy atom. The topological polar surface area (TPSA) is 86.5 Å². The lowest BCUT2D eigenvalue weighted by Crippen LogP contribution is -2.29. The quantitative estimate of drug-likeness (QED) is 0.269. The van der Waals surface area contributed by atoms with Crippen molar-refractivity contribution in [2.45, 2.75) is 12.6 Å². The number of aromatic nitrogens is 1. The minimum absolute atomic E-state index is 0.0311. The molecule has 2 N–H and O–H groups in total. The molecule has 1 atom stereocenters. The molecule has 2 aromatic heterocycles. The number of aliphatic hydroxyl groups is 1. The summed E-state index contributed by atoms with van der Waals surface area (Å²) < 4.78 is 5.42. The molecule has 1 unspecified atom stereocenters. The third-order valence-corrected chi connectivity index (χ3v) is 5.73. The molecule has 1 aliphatic rings. The van der Waals surface area contributed by atoms with Gasteiger partial charge in [0.15, 0.2) is 0 Å². The number of nitrogens with one attached hydrogen (secondary N) is 1. The number of amides is 1. The van der Waals surface area contributed by atoms with E-state index in [0.29, 0.717) is 16.3 Å². The summed E-state index contributed by atoms with van der Waals surface area (Å²) in [6.07, 6.45) is 3.28. The van der Waals surface area contributed by atoms with Gasteiger partial charge in [0.2, 0.25) is 0 Å². The van der Waals surface area contributed by atoms with Crippen LogP contribution in [0.25, 0.3) is 16.7 Å². The number of rotatable bonds is 4. The van der Waals surface area contributed by atoms with Crippen LogP contribution in [0.15, 0.2) is 83.1 Å². The number of hydrogen-bond acceptors (Lipinski definition) is 4. The van der Waals surface area contributed by atoms with Crippen molar-refractivity contribution in [3.63, 3.8) is 0 Å². The van der Waals surface area contributed by atoms with E-state index < -0.39 is 17.7 Å². The second kappa shape index (κ2) is 7.49. The first kappa shape index (κ1) is 19.2. The molecule has 1 saturated heterocycles. The predicted octanol–water partition coefficient (Wildman–Crippen LogP) is 5.04. The maximum absolute atomic E-state index is 13.1. The molecule has 3 heterocycles. The van der Waals surface area contributed by atoms with Gasteiger partial charge in [-0.15, -0.1) is 0 Å². The zero-order valence-electron chi connectivity index (χ0n) is 16.2. The summed E-state index contributed by atoms with van der Waals surface area (Å²) >= 11 is 5.96. The molecular formula is C24H17ClN2O4. The number of carbonyl (C=O) groups excluding carboxylic acids is 2. The highest BCUT2D eigenvalue weighted by molar-refractivity contribution is 6.46. The number of furan rings is 1. The number of benzene rings is 2. The minimum atomic E-state index is -0.781.